The molecule has 3 atom stereocenters. The molecule has 1 aromatic rings. The molecule has 0 saturated heterocycles. The van der Waals surface area contributed by atoms with Crippen molar-refractivity contribution < 1.29 is 9.53 Å². The van der Waals surface area contributed by atoms with E-state index in [4.69, 9.17) is 4.74 Å². The molecule has 2 bridgehead atoms. The first-order chi connectivity index (χ1) is 11.4. The van der Waals surface area contributed by atoms with Crippen LogP contribution in [0.25, 0.3) is 0 Å². The van der Waals surface area contributed by atoms with Crippen LogP contribution in [-0.4, -0.2) is 23.7 Å². The maximum absolute atomic E-state index is 12.3. The van der Waals surface area contributed by atoms with Gasteiger partial charge in [0.05, 0.1) is 6.61 Å². The summed E-state index contributed by atoms with van der Waals surface area (Å²) in [5, 5.41) is 6.19. The zero-order chi connectivity index (χ0) is 17.4. The minimum atomic E-state index is -0.0839. The number of nitrogens with one attached hydrogen (secondary N) is 2. The second kappa shape index (κ2) is 6.26. The number of ether oxygens (including phenoxy) is 1. The average molecular weight is 331 g/mol. The van der Waals surface area contributed by atoms with E-state index in [0.29, 0.717) is 24.4 Å². The first-order valence-electron chi connectivity index (χ1n) is 8.99. The van der Waals surface area contributed by atoms with Crippen molar-refractivity contribution >= 4 is 6.03 Å². The highest BCUT2D eigenvalue weighted by Gasteiger charge is 2.61. The molecule has 3 rings (SSSR count). The number of nitrogens with zero attached hydrogens (tertiary/aromatic N) is 1. The topological polar surface area (TPSA) is 63.2 Å². The Kier molecular flexibility index (Phi) is 4.45. The largest absolute Gasteiger partial charge is 0.478 e. The van der Waals surface area contributed by atoms with Crippen LogP contribution < -0.4 is 15.4 Å². The van der Waals surface area contributed by atoms with Gasteiger partial charge >= 0.3 is 6.03 Å². The van der Waals surface area contributed by atoms with E-state index in [1.165, 1.54) is 12.8 Å². The van der Waals surface area contributed by atoms with Crippen LogP contribution in [0.3, 0.4) is 0 Å². The summed E-state index contributed by atoms with van der Waals surface area (Å²) in [6, 6.07) is 3.94. The van der Waals surface area contributed by atoms with Crippen molar-refractivity contribution in [1.82, 2.24) is 15.6 Å². The van der Waals surface area contributed by atoms with Crippen LogP contribution in [0.1, 0.15) is 52.5 Å². The number of hydrogen-bond donors (Lipinski definition) is 2. The van der Waals surface area contributed by atoms with Gasteiger partial charge in [0, 0.05) is 24.8 Å². The molecule has 1 aromatic heterocycles. The Morgan fingerprint density at radius 2 is 2.21 bits per heavy atom. The Hall–Kier alpha value is -1.78. The highest BCUT2D eigenvalue weighted by atomic mass is 16.5. The van der Waals surface area contributed by atoms with Crippen LogP contribution in [0.4, 0.5) is 4.79 Å². The quantitative estimate of drug-likeness (QED) is 0.868. The zero-order valence-electron chi connectivity index (χ0n) is 15.2. The van der Waals surface area contributed by atoms with Crippen molar-refractivity contribution in [3.63, 3.8) is 0 Å². The second-order valence-corrected chi connectivity index (χ2v) is 7.93. The summed E-state index contributed by atoms with van der Waals surface area (Å²) < 4.78 is 5.39. The molecule has 0 radical (unpaired) electrons. The molecule has 2 amide bonds. The third kappa shape index (κ3) is 2.85. The van der Waals surface area contributed by atoms with Gasteiger partial charge in [0.2, 0.25) is 5.88 Å². The molecule has 1 heterocycles. The molecular formula is C19H29N3O2. The van der Waals surface area contributed by atoms with Gasteiger partial charge in [-0.1, -0.05) is 20.8 Å². The third-order valence-electron chi connectivity index (χ3n) is 6.64. The number of fused-ring (bicyclic) bond motifs is 2. The molecule has 132 valence electrons. The molecule has 24 heavy (non-hydrogen) atoms. The van der Waals surface area contributed by atoms with Crippen LogP contribution in [0.5, 0.6) is 5.88 Å². The fourth-order valence-corrected chi connectivity index (χ4v) is 4.60. The molecule has 0 aromatic carbocycles. The number of hydrogen-bond acceptors (Lipinski definition) is 3. The van der Waals surface area contributed by atoms with Gasteiger partial charge in [0.1, 0.15) is 0 Å². The summed E-state index contributed by atoms with van der Waals surface area (Å²) >= 11 is 0. The van der Waals surface area contributed by atoms with Gasteiger partial charge in [0.15, 0.2) is 0 Å². The Morgan fingerprint density at radius 3 is 2.83 bits per heavy atom. The van der Waals surface area contributed by atoms with E-state index in [1.807, 2.05) is 19.1 Å². The second-order valence-electron chi connectivity index (χ2n) is 7.93. The first-order valence-corrected chi connectivity index (χ1v) is 8.99. The normalized spacial score (nSPS) is 30.2. The maximum Gasteiger partial charge on any atom is 0.315 e. The summed E-state index contributed by atoms with van der Waals surface area (Å²) in [4.78, 5) is 16.5. The van der Waals surface area contributed by atoms with E-state index in [9.17, 15) is 4.79 Å². The van der Waals surface area contributed by atoms with Gasteiger partial charge in [-0.15, -0.1) is 0 Å². The highest BCUT2D eigenvalue weighted by molar-refractivity contribution is 5.74. The van der Waals surface area contributed by atoms with Crippen molar-refractivity contribution in [3.05, 3.63) is 23.9 Å². The van der Waals surface area contributed by atoms with Crippen molar-refractivity contribution in [2.45, 2.75) is 59.5 Å². The predicted molar refractivity (Wildman–Crippen MR) is 93.8 cm³/mol. The average Bonchev–Trinajstić information content (AvgIpc) is 2.87. The molecule has 2 aliphatic rings. The van der Waals surface area contributed by atoms with Gasteiger partial charge in [-0.2, -0.15) is 0 Å². The number of carbonyl (C=O) groups is 1. The van der Waals surface area contributed by atoms with Crippen LogP contribution in [-0.2, 0) is 6.54 Å². The molecule has 2 N–H and O–H groups in total. The van der Waals surface area contributed by atoms with Crippen molar-refractivity contribution in [1.29, 1.82) is 0 Å². The first kappa shape index (κ1) is 17.1. The minimum Gasteiger partial charge on any atom is -0.478 e. The Morgan fingerprint density at radius 1 is 1.42 bits per heavy atom. The Bertz CT molecular complexity index is 616. The number of pyridine rings is 1. The molecule has 2 fully saturated rings. The molecule has 3 unspecified atom stereocenters. The number of rotatable bonds is 5. The fourth-order valence-electron chi connectivity index (χ4n) is 4.60. The van der Waals surface area contributed by atoms with Crippen LogP contribution in [0, 0.1) is 16.7 Å². The Balaban J connectivity index is 1.55. The van der Waals surface area contributed by atoms with Crippen molar-refractivity contribution in [2.75, 3.05) is 6.61 Å². The van der Waals surface area contributed by atoms with Gasteiger partial charge in [-0.05, 0) is 54.6 Å². The lowest BCUT2D eigenvalue weighted by Gasteiger charge is -2.39. The highest BCUT2D eigenvalue weighted by Crippen LogP contribution is 2.65. The van der Waals surface area contributed by atoms with Crippen LogP contribution in [0.2, 0.25) is 0 Å². The van der Waals surface area contributed by atoms with Crippen LogP contribution in [0.15, 0.2) is 18.3 Å². The van der Waals surface area contributed by atoms with E-state index >= 15 is 0 Å². The standard InChI is InChI=1S/C19H29N3O2/c1-5-24-16-10-13(7-9-20-16)12-21-17(23)22-15-11-14-6-8-19(15,4)18(14,2)3/h7,9-10,14-15H,5-6,8,11-12H2,1-4H3,(H2,21,22,23). The monoisotopic (exact) mass is 331 g/mol. The molecule has 5 heteroatoms. The van der Waals surface area contributed by atoms with E-state index in [-0.39, 0.29) is 17.5 Å². The van der Waals surface area contributed by atoms with Crippen molar-refractivity contribution in [3.8, 4) is 5.88 Å². The van der Waals surface area contributed by atoms with Gasteiger partial charge < -0.3 is 15.4 Å². The van der Waals surface area contributed by atoms with E-state index in [1.54, 1.807) is 6.20 Å². The van der Waals surface area contributed by atoms with E-state index < -0.39 is 0 Å². The maximum atomic E-state index is 12.3. The summed E-state index contributed by atoms with van der Waals surface area (Å²) in [5.41, 5.74) is 1.50. The smallest absolute Gasteiger partial charge is 0.315 e. The summed E-state index contributed by atoms with van der Waals surface area (Å²) in [6.07, 6.45) is 5.30. The van der Waals surface area contributed by atoms with Gasteiger partial charge in [-0.3, -0.25) is 0 Å². The summed E-state index contributed by atoms with van der Waals surface area (Å²) in [5.74, 6) is 1.32. The van der Waals surface area contributed by atoms with Crippen LogP contribution >= 0.6 is 0 Å². The van der Waals surface area contributed by atoms with Gasteiger partial charge in [0.25, 0.3) is 0 Å². The van der Waals surface area contributed by atoms with Crippen molar-refractivity contribution in [2.24, 2.45) is 16.7 Å². The molecule has 2 saturated carbocycles. The molecule has 5 nitrogen and oxygen atoms in total. The molecule has 0 aliphatic heterocycles. The lowest BCUT2D eigenvalue weighted by atomic mass is 9.69. The fraction of sp³-hybridized carbons (Fsp3) is 0.684. The number of amides is 2. The zero-order valence-corrected chi connectivity index (χ0v) is 15.2. The number of carbonyl (C=O) groups excluding carboxylic acids is 1. The number of aromatic nitrogens is 1. The minimum absolute atomic E-state index is 0.0839. The summed E-state index contributed by atoms with van der Waals surface area (Å²) in [7, 11) is 0. The Labute approximate surface area is 144 Å². The summed E-state index contributed by atoms with van der Waals surface area (Å²) in [6.45, 7) is 10.0. The lowest BCUT2D eigenvalue weighted by molar-refractivity contribution is 0.123. The molecule has 2 aliphatic carbocycles. The van der Waals surface area contributed by atoms with E-state index in [2.05, 4.69) is 36.4 Å². The van der Waals surface area contributed by atoms with E-state index in [0.717, 1.165) is 17.9 Å². The molecule has 0 spiro atoms. The predicted octanol–water partition coefficient (Wildman–Crippen LogP) is 3.49. The SMILES string of the molecule is CCOc1cc(CNC(=O)NC2CC3CCC2(C)C3(C)C)ccn1. The third-order valence-corrected chi connectivity index (χ3v) is 6.64. The van der Waals surface area contributed by atoms with Gasteiger partial charge in [-0.25, -0.2) is 9.78 Å². The number of urea groups is 1. The molecular weight excluding hydrogens is 302 g/mol. The lowest BCUT2D eigenvalue weighted by Crippen LogP contribution is -2.49.